The minimum Gasteiger partial charge on any atom is -0.143 e. The van der Waals surface area contributed by atoms with Gasteiger partial charge in [-0.2, -0.15) is 0 Å². The fourth-order valence-electron chi connectivity index (χ4n) is 5.52. The van der Waals surface area contributed by atoms with Gasteiger partial charge in [-0.15, -0.1) is 30.5 Å². The Hall–Kier alpha value is 0.580. The van der Waals surface area contributed by atoms with Crippen molar-refractivity contribution in [1.82, 2.24) is 35.0 Å². The average Bonchev–Trinajstić information content (AvgIpc) is 3.03. The monoisotopic (exact) mass is 664 g/mol. The third kappa shape index (κ3) is 20.7. The highest BCUT2D eigenvalue weighted by Gasteiger charge is 2.62. The molecule has 7 nitrogen and oxygen atoms in total. The molecule has 266 valence electrons. The third-order valence-electron chi connectivity index (χ3n) is 8.38. The molecule has 0 radical (unpaired) electrons. The number of nitrogens with one attached hydrogen (secondary N) is 6. The Morgan fingerprint density at radius 2 is 0.500 bits per heavy atom. The van der Waals surface area contributed by atoms with E-state index in [0.29, 0.717) is 0 Å². The van der Waals surface area contributed by atoms with Gasteiger partial charge in [0.25, 0.3) is 0 Å². The lowest BCUT2D eigenvalue weighted by atomic mass is 10.3. The van der Waals surface area contributed by atoms with Crippen molar-refractivity contribution in [3.8, 4) is 0 Å². The molecule has 0 atom stereocenters. The first-order valence-corrected chi connectivity index (χ1v) is 23.1. The number of hydrogen-bond acceptors (Lipinski definition) is 7. The van der Waals surface area contributed by atoms with Crippen molar-refractivity contribution >= 4 is 15.7 Å². The van der Waals surface area contributed by atoms with Crippen LogP contribution in [0.3, 0.4) is 0 Å². The van der Waals surface area contributed by atoms with Crippen molar-refractivity contribution in [1.29, 1.82) is 0 Å². The molecule has 0 unspecified atom stereocenters. The van der Waals surface area contributed by atoms with E-state index in [1.807, 2.05) is 0 Å². The van der Waals surface area contributed by atoms with Crippen LogP contribution < -0.4 is 30.5 Å². The van der Waals surface area contributed by atoms with Crippen LogP contribution in [-0.2, 0) is 0 Å². The number of nitrogens with zero attached hydrogens (tertiary/aromatic N) is 1. The molecule has 0 aliphatic carbocycles. The molecular weight excluding hydrogens is 580 g/mol. The Labute approximate surface area is 279 Å². The van der Waals surface area contributed by atoms with Gasteiger partial charge in [0.15, 0.2) is 0 Å². The van der Waals surface area contributed by atoms with Crippen molar-refractivity contribution in [3.05, 3.63) is 0 Å². The van der Waals surface area contributed by atoms with Crippen LogP contribution in [0.4, 0.5) is 0 Å². The molecule has 0 aliphatic rings. The first kappa shape index (κ1) is 44.6. The van der Waals surface area contributed by atoms with Gasteiger partial charge >= 0.3 is 15.7 Å². The Morgan fingerprint density at radius 1 is 0.295 bits per heavy atom. The van der Waals surface area contributed by atoms with Gasteiger partial charge in [-0.05, 0) is 44.9 Å². The number of unbranched alkanes of at least 4 members (excludes halogenated alkanes) is 14. The van der Waals surface area contributed by atoms with Gasteiger partial charge in [0.05, 0.1) is 6.54 Å². The fraction of sp³-hybridized carbons (Fsp3) is 1.00. The highest BCUT2D eigenvalue weighted by Crippen LogP contribution is 2.67. The molecule has 9 heteroatoms. The molecule has 0 aliphatic heterocycles. The lowest BCUT2D eigenvalue weighted by Gasteiger charge is -2.41. The highest BCUT2D eigenvalue weighted by atomic mass is 31.3. The van der Waals surface area contributed by atoms with Crippen LogP contribution in [0.2, 0.25) is 0 Å². The van der Waals surface area contributed by atoms with Crippen LogP contribution in [-0.4, -0.2) is 50.3 Å². The molecule has 44 heavy (non-hydrogen) atoms. The van der Waals surface area contributed by atoms with E-state index >= 15 is 0 Å². The van der Waals surface area contributed by atoms with E-state index in [9.17, 15) is 0 Å². The second-order valence-electron chi connectivity index (χ2n) is 12.8. The van der Waals surface area contributed by atoms with Crippen LogP contribution in [0.5, 0.6) is 0 Å². The first-order chi connectivity index (χ1) is 21.6. The largest absolute Gasteiger partial charge is 0.339 e. The molecule has 0 spiro atoms. The first-order valence-electron chi connectivity index (χ1n) is 19.6. The van der Waals surface area contributed by atoms with E-state index in [0.717, 1.165) is 45.8 Å². The molecule has 0 fully saturated rings. The van der Waals surface area contributed by atoms with Crippen molar-refractivity contribution < 1.29 is 0 Å². The summed E-state index contributed by atoms with van der Waals surface area (Å²) in [6, 6.07) is 0. The Kier molecular flexibility index (Phi) is 32.6. The molecule has 0 aromatic rings. The molecule has 0 amide bonds. The molecule has 0 rings (SSSR count). The zero-order valence-electron chi connectivity index (χ0n) is 31.1. The average molecular weight is 664 g/mol. The molecule has 0 aromatic heterocycles. The Bertz CT molecular complexity index is 479. The topological polar surface area (TPSA) is 75.4 Å². The normalized spacial score (nSPS) is 12.5. The Balaban J connectivity index is 6.92. The van der Waals surface area contributed by atoms with Gasteiger partial charge in [-0.1, -0.05) is 138 Å². The minimum absolute atomic E-state index is 1.06. The molecule has 0 saturated heterocycles. The second-order valence-corrected chi connectivity index (χ2v) is 18.5. The van der Waals surface area contributed by atoms with Gasteiger partial charge in [0, 0.05) is 43.7 Å². The summed E-state index contributed by atoms with van der Waals surface area (Å²) in [7, 11) is -4.22. The van der Waals surface area contributed by atoms with Crippen molar-refractivity contribution in [2.24, 2.45) is 0 Å². The van der Waals surface area contributed by atoms with E-state index in [1.165, 1.54) is 135 Å². The van der Waals surface area contributed by atoms with Crippen LogP contribution in [0.15, 0.2) is 0 Å². The fourth-order valence-corrected chi connectivity index (χ4v) is 13.7. The third-order valence-corrected chi connectivity index (χ3v) is 15.9. The summed E-state index contributed by atoms with van der Waals surface area (Å²) in [6.07, 6.45) is 26.4. The van der Waals surface area contributed by atoms with Gasteiger partial charge in [-0.3, -0.25) is 0 Å². The zero-order valence-corrected chi connectivity index (χ0v) is 32.9. The lowest BCUT2D eigenvalue weighted by Crippen LogP contribution is -2.56. The summed E-state index contributed by atoms with van der Waals surface area (Å²) in [5.41, 5.74) is 0. The molecule has 0 aromatic carbocycles. The second kappa shape index (κ2) is 32.1. The van der Waals surface area contributed by atoms with E-state index in [1.54, 1.807) is 0 Å². The van der Waals surface area contributed by atoms with Crippen molar-refractivity contribution in [2.45, 2.75) is 183 Å². The van der Waals surface area contributed by atoms with E-state index in [-0.39, 0.29) is 0 Å². The molecular formula is C35H83N7P2+2. The maximum atomic E-state index is 4.28. The summed E-state index contributed by atoms with van der Waals surface area (Å²) in [6.45, 7) is 23.8. The predicted octanol–water partition coefficient (Wildman–Crippen LogP) is 10.5. The van der Waals surface area contributed by atoms with Crippen LogP contribution in [0, 0.1) is 0 Å². The van der Waals surface area contributed by atoms with Crippen LogP contribution in [0.1, 0.15) is 183 Å². The zero-order chi connectivity index (χ0) is 32.6. The molecule has 0 heterocycles. The summed E-state index contributed by atoms with van der Waals surface area (Å²) >= 11 is 0. The van der Waals surface area contributed by atoms with Crippen LogP contribution in [0.25, 0.3) is 0 Å². The predicted molar refractivity (Wildman–Crippen MR) is 205 cm³/mol. The van der Waals surface area contributed by atoms with Crippen molar-refractivity contribution in [2.75, 3.05) is 45.8 Å². The SMILES string of the molecule is CCCCCN[P+](NCCCCC)(NCCCCC)N(CCCCC)[P+](NCCCCC)(NCCCCC)NCCCCC. The number of rotatable bonds is 36. The van der Waals surface area contributed by atoms with Crippen LogP contribution >= 0.6 is 15.7 Å². The molecule has 0 bridgehead atoms. The lowest BCUT2D eigenvalue weighted by molar-refractivity contribution is 0.519. The van der Waals surface area contributed by atoms with Gasteiger partial charge < -0.3 is 0 Å². The summed E-state index contributed by atoms with van der Waals surface area (Å²) in [4.78, 5) is 0. The Morgan fingerprint density at radius 3 is 0.705 bits per heavy atom. The molecule has 6 N–H and O–H groups in total. The maximum absolute atomic E-state index is 4.28. The summed E-state index contributed by atoms with van der Waals surface area (Å²) in [5.74, 6) is 0. The smallest absolute Gasteiger partial charge is 0.143 e. The standard InChI is InChI=1S/C35H83N7P2/c1-8-15-22-29-36-43(37-30-23-16-9-2,38-31-24-17-10-3)42(35-28-21-14-7)44(39-32-25-18-11-4,40-33-26-19-12-5)41-34-27-20-13-6/h36-41H,8-35H2,1-7H3/q+2. The summed E-state index contributed by atoms with van der Waals surface area (Å²) in [5, 5.41) is 25.7. The summed E-state index contributed by atoms with van der Waals surface area (Å²) < 4.78 is 2.95. The van der Waals surface area contributed by atoms with Gasteiger partial charge in [0.1, 0.15) is 0 Å². The molecule has 0 saturated carbocycles. The highest BCUT2D eigenvalue weighted by molar-refractivity contribution is 7.82. The van der Waals surface area contributed by atoms with Gasteiger partial charge in [-0.25, -0.2) is 0 Å². The maximum Gasteiger partial charge on any atom is 0.339 e. The van der Waals surface area contributed by atoms with E-state index in [2.05, 4.69) is 83.4 Å². The van der Waals surface area contributed by atoms with E-state index in [4.69, 9.17) is 0 Å². The minimum atomic E-state index is -2.11. The number of hydrogen-bond donors (Lipinski definition) is 6. The van der Waals surface area contributed by atoms with E-state index < -0.39 is 15.7 Å². The van der Waals surface area contributed by atoms with Crippen molar-refractivity contribution in [3.63, 3.8) is 0 Å². The quantitative estimate of drug-likeness (QED) is 0.0294. The van der Waals surface area contributed by atoms with Gasteiger partial charge in [0.2, 0.25) is 0 Å².